The van der Waals surface area contributed by atoms with E-state index in [9.17, 15) is 4.79 Å². The minimum atomic E-state index is 0.115. The highest BCUT2D eigenvalue weighted by atomic mass is 16.1. The van der Waals surface area contributed by atoms with Crippen molar-refractivity contribution >= 4 is 11.6 Å². The summed E-state index contributed by atoms with van der Waals surface area (Å²) in [7, 11) is 0. The summed E-state index contributed by atoms with van der Waals surface area (Å²) >= 11 is 0. The number of benzene rings is 1. The molecule has 1 saturated carbocycles. The molecule has 0 spiro atoms. The van der Waals surface area contributed by atoms with E-state index in [1.54, 1.807) is 0 Å². The molecule has 1 aliphatic rings. The Bertz CT molecular complexity index is 961. The fourth-order valence-electron chi connectivity index (χ4n) is 3.74. The van der Waals surface area contributed by atoms with Crippen LogP contribution in [0.1, 0.15) is 47.0 Å². The van der Waals surface area contributed by atoms with Crippen LogP contribution in [0.25, 0.3) is 5.65 Å². The quantitative estimate of drug-likeness (QED) is 0.770. The summed E-state index contributed by atoms with van der Waals surface area (Å²) in [5, 5.41) is 7.67. The molecule has 3 aromatic rings. The first-order chi connectivity index (χ1) is 12.5. The number of amides is 1. The van der Waals surface area contributed by atoms with Crippen molar-refractivity contribution in [2.24, 2.45) is 0 Å². The highest BCUT2D eigenvalue weighted by molar-refractivity contribution is 5.77. The third kappa shape index (κ3) is 3.21. The zero-order valence-corrected chi connectivity index (χ0v) is 15.5. The van der Waals surface area contributed by atoms with Crippen molar-refractivity contribution in [1.82, 2.24) is 19.9 Å². The van der Waals surface area contributed by atoms with Crippen LogP contribution in [0.5, 0.6) is 0 Å². The van der Waals surface area contributed by atoms with Crippen LogP contribution >= 0.6 is 0 Å². The minimum absolute atomic E-state index is 0.115. The molecule has 1 aliphatic carbocycles. The number of nitrogens with zero attached hydrogens (tertiary/aromatic N) is 3. The molecule has 2 atom stereocenters. The Hall–Kier alpha value is -2.69. The molecular formula is C21H24N4O. The fraction of sp³-hybridized carbons (Fsp3) is 0.381. The Labute approximate surface area is 153 Å². The molecule has 2 heterocycles. The van der Waals surface area contributed by atoms with Crippen molar-refractivity contribution in [1.29, 1.82) is 0 Å². The molecule has 1 aromatic carbocycles. The summed E-state index contributed by atoms with van der Waals surface area (Å²) in [5.41, 5.74) is 6.31. The van der Waals surface area contributed by atoms with Crippen LogP contribution in [-0.4, -0.2) is 26.5 Å². The van der Waals surface area contributed by atoms with E-state index in [0.29, 0.717) is 18.8 Å². The van der Waals surface area contributed by atoms with Crippen molar-refractivity contribution in [3.63, 3.8) is 0 Å². The molecule has 0 aliphatic heterocycles. The van der Waals surface area contributed by atoms with Crippen LogP contribution < -0.4 is 5.32 Å². The smallest absolute Gasteiger partial charge is 0.220 e. The first kappa shape index (κ1) is 16.8. The van der Waals surface area contributed by atoms with Crippen LogP contribution in [-0.2, 0) is 11.2 Å². The van der Waals surface area contributed by atoms with Crippen molar-refractivity contribution < 1.29 is 4.79 Å². The number of hydrogen-bond donors (Lipinski definition) is 1. The number of aryl methyl sites for hydroxylation is 3. The van der Waals surface area contributed by atoms with Gasteiger partial charge in [-0.15, -0.1) is 0 Å². The molecule has 5 heteroatoms. The lowest BCUT2D eigenvalue weighted by Gasteiger charge is -2.11. The maximum atomic E-state index is 12.4. The molecule has 0 radical (unpaired) electrons. The van der Waals surface area contributed by atoms with Gasteiger partial charge < -0.3 is 5.32 Å². The highest BCUT2D eigenvalue weighted by Crippen LogP contribution is 2.40. The van der Waals surface area contributed by atoms with E-state index < -0.39 is 0 Å². The topological polar surface area (TPSA) is 59.3 Å². The second kappa shape index (κ2) is 6.56. The van der Waals surface area contributed by atoms with Gasteiger partial charge in [0, 0.05) is 35.8 Å². The third-order valence-electron chi connectivity index (χ3n) is 5.25. The van der Waals surface area contributed by atoms with E-state index in [2.05, 4.69) is 39.7 Å². The van der Waals surface area contributed by atoms with E-state index in [0.717, 1.165) is 34.7 Å². The molecule has 0 unspecified atom stereocenters. The summed E-state index contributed by atoms with van der Waals surface area (Å²) in [6.45, 7) is 6.03. The zero-order valence-electron chi connectivity index (χ0n) is 15.5. The number of carbonyl (C=O) groups is 1. The van der Waals surface area contributed by atoms with Gasteiger partial charge in [-0.1, -0.05) is 30.3 Å². The number of carbonyl (C=O) groups excluding carboxylic acids is 1. The van der Waals surface area contributed by atoms with Crippen LogP contribution in [0, 0.1) is 20.8 Å². The normalized spacial score (nSPS) is 18.9. The van der Waals surface area contributed by atoms with Gasteiger partial charge in [-0.25, -0.2) is 9.50 Å². The molecule has 1 amide bonds. The van der Waals surface area contributed by atoms with Gasteiger partial charge in [-0.3, -0.25) is 4.79 Å². The first-order valence-electron chi connectivity index (χ1n) is 9.19. The Kier molecular flexibility index (Phi) is 4.23. The van der Waals surface area contributed by atoms with Gasteiger partial charge in [0.1, 0.15) is 0 Å². The Morgan fingerprint density at radius 3 is 2.77 bits per heavy atom. The number of rotatable bonds is 5. The SMILES string of the molecule is Cc1cc2nc(C)c(CCC(=O)N[C@H]3C[C@@H]3c3ccccc3)c(C)n2n1. The lowest BCUT2D eigenvalue weighted by atomic mass is 10.1. The molecule has 134 valence electrons. The largest absolute Gasteiger partial charge is 0.353 e. The number of hydrogen-bond acceptors (Lipinski definition) is 3. The molecule has 26 heavy (non-hydrogen) atoms. The molecule has 2 aromatic heterocycles. The van der Waals surface area contributed by atoms with E-state index in [-0.39, 0.29) is 11.9 Å². The maximum Gasteiger partial charge on any atom is 0.220 e. The van der Waals surface area contributed by atoms with Crippen molar-refractivity contribution in [2.75, 3.05) is 0 Å². The second-order valence-corrected chi connectivity index (χ2v) is 7.24. The maximum absolute atomic E-state index is 12.4. The molecule has 1 N–H and O–H groups in total. The van der Waals surface area contributed by atoms with Gasteiger partial charge in [0.2, 0.25) is 5.91 Å². The number of aromatic nitrogens is 3. The average molecular weight is 348 g/mol. The monoisotopic (exact) mass is 348 g/mol. The van der Waals surface area contributed by atoms with E-state index in [4.69, 9.17) is 0 Å². The highest BCUT2D eigenvalue weighted by Gasteiger charge is 2.39. The standard InChI is InChI=1S/C21H24N4O/c1-13-11-20-22-14(2)17(15(3)25(20)24-13)9-10-21(26)23-19-12-18(19)16-7-5-4-6-8-16/h4-8,11,18-19H,9-10,12H2,1-3H3,(H,23,26)/t18-,19+/m1/s1. The first-order valence-corrected chi connectivity index (χ1v) is 9.19. The fourth-order valence-corrected chi connectivity index (χ4v) is 3.74. The Balaban J connectivity index is 1.39. The molecule has 1 fully saturated rings. The second-order valence-electron chi connectivity index (χ2n) is 7.24. The van der Waals surface area contributed by atoms with Gasteiger partial charge in [-0.05, 0) is 44.7 Å². The molecular weight excluding hydrogens is 324 g/mol. The van der Waals surface area contributed by atoms with Crippen LogP contribution in [0.4, 0.5) is 0 Å². The van der Waals surface area contributed by atoms with Crippen LogP contribution in [0.3, 0.4) is 0 Å². The molecule has 0 saturated heterocycles. The Morgan fingerprint density at radius 2 is 2.00 bits per heavy atom. The van der Waals surface area contributed by atoms with Crippen LogP contribution in [0.15, 0.2) is 36.4 Å². The van der Waals surface area contributed by atoms with Gasteiger partial charge in [0.05, 0.1) is 5.69 Å². The van der Waals surface area contributed by atoms with E-state index >= 15 is 0 Å². The summed E-state index contributed by atoms with van der Waals surface area (Å²) in [4.78, 5) is 17.0. The van der Waals surface area contributed by atoms with Gasteiger partial charge in [-0.2, -0.15) is 5.10 Å². The number of nitrogens with one attached hydrogen (secondary N) is 1. The van der Waals surface area contributed by atoms with Crippen molar-refractivity contribution in [2.45, 2.75) is 52.0 Å². The van der Waals surface area contributed by atoms with E-state index in [1.807, 2.05) is 37.4 Å². The minimum Gasteiger partial charge on any atom is -0.353 e. The summed E-state index contributed by atoms with van der Waals surface area (Å²) in [6.07, 6.45) is 2.20. The molecule has 5 nitrogen and oxygen atoms in total. The summed E-state index contributed by atoms with van der Waals surface area (Å²) < 4.78 is 1.88. The van der Waals surface area contributed by atoms with Gasteiger partial charge in [0.25, 0.3) is 0 Å². The third-order valence-corrected chi connectivity index (χ3v) is 5.25. The van der Waals surface area contributed by atoms with Crippen molar-refractivity contribution in [3.8, 4) is 0 Å². The Morgan fingerprint density at radius 1 is 1.23 bits per heavy atom. The average Bonchev–Trinajstić information content (AvgIpc) is 3.27. The van der Waals surface area contributed by atoms with Gasteiger partial charge >= 0.3 is 0 Å². The predicted octanol–water partition coefficient (Wildman–Crippen LogP) is 3.26. The van der Waals surface area contributed by atoms with Gasteiger partial charge in [0.15, 0.2) is 5.65 Å². The molecule has 4 rings (SSSR count). The summed E-state index contributed by atoms with van der Waals surface area (Å²) in [5.74, 6) is 0.581. The van der Waals surface area contributed by atoms with Crippen molar-refractivity contribution in [3.05, 3.63) is 64.6 Å². The molecule has 0 bridgehead atoms. The van der Waals surface area contributed by atoms with E-state index in [1.165, 1.54) is 5.56 Å². The predicted molar refractivity (Wildman–Crippen MR) is 101 cm³/mol. The lowest BCUT2D eigenvalue weighted by molar-refractivity contribution is -0.121. The number of fused-ring (bicyclic) bond motifs is 1. The lowest BCUT2D eigenvalue weighted by Crippen LogP contribution is -2.27. The summed E-state index contributed by atoms with van der Waals surface area (Å²) in [6, 6.07) is 12.7. The van der Waals surface area contributed by atoms with Crippen LogP contribution in [0.2, 0.25) is 0 Å². The zero-order chi connectivity index (χ0) is 18.3.